The van der Waals surface area contributed by atoms with Gasteiger partial charge in [-0.1, -0.05) is 21.1 Å². The lowest BCUT2D eigenvalue weighted by atomic mass is 10.3. The molecule has 19 heavy (non-hydrogen) atoms. The van der Waals surface area contributed by atoms with Gasteiger partial charge in [0.05, 0.1) is 4.47 Å². The third kappa shape index (κ3) is 3.45. The second kappa shape index (κ2) is 6.03. The molecule has 0 bridgehead atoms. The molecule has 0 saturated carbocycles. The average Bonchev–Trinajstić information content (AvgIpc) is 2.42. The highest BCUT2D eigenvalue weighted by Crippen LogP contribution is 2.31. The highest BCUT2D eigenvalue weighted by Gasteiger charge is 2.05. The Labute approximate surface area is 126 Å². The molecule has 0 spiro atoms. The van der Waals surface area contributed by atoms with E-state index in [1.165, 1.54) is 6.20 Å². The highest BCUT2D eigenvalue weighted by atomic mass is 79.9. The van der Waals surface area contributed by atoms with Gasteiger partial charge in [0.2, 0.25) is 5.88 Å². The van der Waals surface area contributed by atoms with E-state index in [9.17, 15) is 0 Å². The van der Waals surface area contributed by atoms with Gasteiger partial charge in [0.1, 0.15) is 5.75 Å². The van der Waals surface area contributed by atoms with Crippen molar-refractivity contribution in [2.75, 3.05) is 0 Å². The quantitative estimate of drug-likeness (QED) is 0.366. The SMILES string of the molecule is NC(=NO)c1ccc(Oc2ccc(Br)cc2Br)nc1. The molecule has 0 radical (unpaired) electrons. The molecule has 7 heteroatoms. The molecule has 3 N–H and O–H groups in total. The van der Waals surface area contributed by atoms with Crippen molar-refractivity contribution in [3.8, 4) is 11.6 Å². The third-order valence-corrected chi connectivity index (χ3v) is 3.36. The van der Waals surface area contributed by atoms with Gasteiger partial charge in [-0.25, -0.2) is 4.98 Å². The molecule has 0 saturated heterocycles. The topological polar surface area (TPSA) is 80.7 Å². The molecule has 1 heterocycles. The smallest absolute Gasteiger partial charge is 0.219 e. The van der Waals surface area contributed by atoms with E-state index >= 15 is 0 Å². The predicted molar refractivity (Wildman–Crippen MR) is 78.7 cm³/mol. The van der Waals surface area contributed by atoms with Crippen molar-refractivity contribution in [2.45, 2.75) is 0 Å². The fourth-order valence-electron chi connectivity index (χ4n) is 1.32. The van der Waals surface area contributed by atoms with E-state index in [1.54, 1.807) is 12.1 Å². The molecule has 0 fully saturated rings. The molecule has 0 atom stereocenters. The Kier molecular flexibility index (Phi) is 4.39. The normalized spacial score (nSPS) is 11.4. The maximum atomic E-state index is 8.55. The van der Waals surface area contributed by atoms with Crippen molar-refractivity contribution in [2.24, 2.45) is 10.9 Å². The predicted octanol–water partition coefficient (Wildman–Crippen LogP) is 3.49. The van der Waals surface area contributed by atoms with Crippen LogP contribution in [0.5, 0.6) is 11.6 Å². The minimum atomic E-state index is 0.00359. The first-order chi connectivity index (χ1) is 9.10. The molecule has 2 aromatic rings. The van der Waals surface area contributed by atoms with E-state index in [2.05, 4.69) is 42.0 Å². The second-order valence-corrected chi connectivity index (χ2v) is 5.32. The summed E-state index contributed by atoms with van der Waals surface area (Å²) in [7, 11) is 0. The first-order valence-electron chi connectivity index (χ1n) is 5.17. The van der Waals surface area contributed by atoms with Crippen LogP contribution >= 0.6 is 31.9 Å². The summed E-state index contributed by atoms with van der Waals surface area (Å²) in [5, 5.41) is 11.4. The van der Waals surface area contributed by atoms with Crippen molar-refractivity contribution in [3.63, 3.8) is 0 Å². The molecular formula is C12H9Br2N3O2. The van der Waals surface area contributed by atoms with Crippen molar-refractivity contribution in [1.29, 1.82) is 0 Å². The number of oxime groups is 1. The van der Waals surface area contributed by atoms with Gasteiger partial charge in [-0.15, -0.1) is 0 Å². The molecule has 0 aliphatic carbocycles. The second-order valence-electron chi connectivity index (χ2n) is 3.55. The van der Waals surface area contributed by atoms with Gasteiger partial charge in [-0.2, -0.15) is 0 Å². The molecular weight excluding hydrogens is 378 g/mol. The van der Waals surface area contributed by atoms with Gasteiger partial charge < -0.3 is 15.7 Å². The van der Waals surface area contributed by atoms with E-state index in [-0.39, 0.29) is 5.84 Å². The van der Waals surface area contributed by atoms with Crippen LogP contribution in [0.1, 0.15) is 5.56 Å². The van der Waals surface area contributed by atoms with E-state index in [0.29, 0.717) is 17.2 Å². The van der Waals surface area contributed by atoms with Crippen molar-refractivity contribution >= 4 is 37.7 Å². The first kappa shape index (κ1) is 13.8. The molecule has 2 rings (SSSR count). The first-order valence-corrected chi connectivity index (χ1v) is 6.75. The maximum Gasteiger partial charge on any atom is 0.219 e. The maximum absolute atomic E-state index is 8.55. The lowest BCUT2D eigenvalue weighted by molar-refractivity contribution is 0.318. The Morgan fingerprint density at radius 3 is 2.63 bits per heavy atom. The Morgan fingerprint density at radius 2 is 2.05 bits per heavy atom. The largest absolute Gasteiger partial charge is 0.438 e. The molecule has 0 unspecified atom stereocenters. The van der Waals surface area contributed by atoms with Crippen LogP contribution in [0.4, 0.5) is 0 Å². The van der Waals surface area contributed by atoms with Crippen LogP contribution in [-0.2, 0) is 0 Å². The summed E-state index contributed by atoms with van der Waals surface area (Å²) in [5.74, 6) is 1.06. The van der Waals surface area contributed by atoms with Crippen molar-refractivity contribution in [3.05, 3.63) is 51.0 Å². The zero-order valence-electron chi connectivity index (χ0n) is 9.55. The Balaban J connectivity index is 2.20. The standard InChI is InChI=1S/C12H9Br2N3O2/c13-8-2-3-10(9(14)5-8)19-11-4-1-7(6-16-11)12(15)17-18/h1-6,18H,(H2,15,17). The summed E-state index contributed by atoms with van der Waals surface area (Å²) in [6, 6.07) is 8.85. The van der Waals surface area contributed by atoms with E-state index in [1.807, 2.05) is 18.2 Å². The molecule has 1 aromatic carbocycles. The minimum Gasteiger partial charge on any atom is -0.438 e. The van der Waals surface area contributed by atoms with Crippen LogP contribution in [0.25, 0.3) is 0 Å². The lowest BCUT2D eigenvalue weighted by Gasteiger charge is -2.07. The number of nitrogens with zero attached hydrogens (tertiary/aromatic N) is 2. The Hall–Kier alpha value is -1.60. The Morgan fingerprint density at radius 1 is 1.26 bits per heavy atom. The number of pyridine rings is 1. The van der Waals surface area contributed by atoms with E-state index in [0.717, 1.165) is 8.95 Å². The number of amidine groups is 1. The highest BCUT2D eigenvalue weighted by molar-refractivity contribution is 9.11. The number of hydrogen-bond acceptors (Lipinski definition) is 4. The molecule has 98 valence electrons. The van der Waals surface area contributed by atoms with Gasteiger partial charge in [-0.05, 0) is 40.2 Å². The molecule has 0 amide bonds. The van der Waals surface area contributed by atoms with Gasteiger partial charge >= 0.3 is 0 Å². The van der Waals surface area contributed by atoms with E-state index in [4.69, 9.17) is 15.7 Å². The van der Waals surface area contributed by atoms with Crippen LogP contribution in [0.3, 0.4) is 0 Å². The fraction of sp³-hybridized carbons (Fsp3) is 0. The number of halogens is 2. The number of ether oxygens (including phenoxy) is 1. The average molecular weight is 387 g/mol. The molecule has 0 aliphatic heterocycles. The summed E-state index contributed by atoms with van der Waals surface area (Å²) in [5.41, 5.74) is 5.96. The number of benzene rings is 1. The summed E-state index contributed by atoms with van der Waals surface area (Å²) >= 11 is 6.76. The minimum absolute atomic E-state index is 0.00359. The van der Waals surface area contributed by atoms with Crippen LogP contribution < -0.4 is 10.5 Å². The van der Waals surface area contributed by atoms with Crippen LogP contribution in [-0.4, -0.2) is 16.0 Å². The van der Waals surface area contributed by atoms with Gasteiger partial charge in [-0.3, -0.25) is 0 Å². The lowest BCUT2D eigenvalue weighted by Crippen LogP contribution is -2.13. The van der Waals surface area contributed by atoms with E-state index < -0.39 is 0 Å². The van der Waals surface area contributed by atoms with Crippen LogP contribution in [0.15, 0.2) is 50.6 Å². The molecule has 5 nitrogen and oxygen atoms in total. The van der Waals surface area contributed by atoms with Crippen LogP contribution in [0, 0.1) is 0 Å². The van der Waals surface area contributed by atoms with Crippen molar-refractivity contribution in [1.82, 2.24) is 4.98 Å². The third-order valence-electron chi connectivity index (χ3n) is 2.25. The van der Waals surface area contributed by atoms with Gasteiger partial charge in [0.25, 0.3) is 0 Å². The monoisotopic (exact) mass is 385 g/mol. The van der Waals surface area contributed by atoms with Gasteiger partial charge in [0.15, 0.2) is 5.84 Å². The zero-order chi connectivity index (χ0) is 13.8. The number of nitrogens with two attached hydrogens (primary N) is 1. The molecule has 0 aliphatic rings. The summed E-state index contributed by atoms with van der Waals surface area (Å²) in [4.78, 5) is 4.08. The summed E-state index contributed by atoms with van der Waals surface area (Å²) in [6.07, 6.45) is 1.47. The molecule has 1 aromatic heterocycles. The number of hydrogen-bond donors (Lipinski definition) is 2. The van der Waals surface area contributed by atoms with Crippen molar-refractivity contribution < 1.29 is 9.94 Å². The number of aromatic nitrogens is 1. The summed E-state index contributed by atoms with van der Waals surface area (Å²) < 4.78 is 7.37. The Bertz CT molecular complexity index is 615. The number of rotatable bonds is 3. The van der Waals surface area contributed by atoms with Gasteiger partial charge in [0, 0.05) is 22.3 Å². The summed E-state index contributed by atoms with van der Waals surface area (Å²) in [6.45, 7) is 0. The zero-order valence-corrected chi connectivity index (χ0v) is 12.7. The van der Waals surface area contributed by atoms with Crippen LogP contribution in [0.2, 0.25) is 0 Å². The fourth-order valence-corrected chi connectivity index (χ4v) is 2.45.